The van der Waals surface area contributed by atoms with Crippen molar-refractivity contribution in [3.8, 4) is 11.5 Å². The van der Waals surface area contributed by atoms with E-state index in [1.165, 1.54) is 37.3 Å². The zero-order valence-electron chi connectivity index (χ0n) is 15.0. The molecule has 0 spiro atoms. The van der Waals surface area contributed by atoms with E-state index < -0.39 is 0 Å². The molecule has 0 radical (unpaired) electrons. The first-order valence-electron chi connectivity index (χ1n) is 8.80. The zero-order valence-corrected chi connectivity index (χ0v) is 15.7. The van der Waals surface area contributed by atoms with Gasteiger partial charge in [-0.3, -0.25) is 0 Å². The number of halogens is 1. The predicted molar refractivity (Wildman–Crippen MR) is 99.8 cm³/mol. The van der Waals surface area contributed by atoms with Crippen LogP contribution in [0.5, 0.6) is 11.5 Å². The van der Waals surface area contributed by atoms with Gasteiger partial charge < -0.3 is 19.3 Å². The van der Waals surface area contributed by atoms with Gasteiger partial charge in [0.1, 0.15) is 50.8 Å². The molecule has 1 heterocycles. The maximum atomic E-state index is 6.09. The summed E-state index contributed by atoms with van der Waals surface area (Å²) >= 11 is 6.09. The van der Waals surface area contributed by atoms with Crippen molar-refractivity contribution in [1.82, 2.24) is 0 Å². The molecule has 2 aromatic carbocycles. The van der Waals surface area contributed by atoms with E-state index in [1.807, 2.05) is 18.2 Å². The summed E-state index contributed by atoms with van der Waals surface area (Å²) in [5.41, 5.74) is 2.59. The van der Waals surface area contributed by atoms with Crippen molar-refractivity contribution in [2.75, 3.05) is 40.4 Å². The van der Waals surface area contributed by atoms with Crippen LogP contribution in [-0.2, 0) is 13.1 Å². The normalized spacial score (nSPS) is 20.3. The number of methoxy groups -OCH3 is 2. The van der Waals surface area contributed by atoms with Crippen molar-refractivity contribution in [2.45, 2.75) is 13.1 Å². The van der Waals surface area contributed by atoms with Crippen LogP contribution in [0, 0.1) is 0 Å². The fraction of sp³-hybridized carbons (Fsp3) is 0.400. The van der Waals surface area contributed by atoms with Crippen molar-refractivity contribution in [3.05, 3.63) is 58.6 Å². The molecule has 2 aromatic rings. The molecule has 1 aliphatic heterocycles. The molecule has 3 rings (SSSR count). The molecular weight excluding hydrogens is 336 g/mol. The highest BCUT2D eigenvalue weighted by Gasteiger charge is 2.23. The number of hydrogen-bond acceptors (Lipinski definition) is 2. The van der Waals surface area contributed by atoms with Gasteiger partial charge in [0.15, 0.2) is 0 Å². The first kappa shape index (κ1) is 18.1. The lowest BCUT2D eigenvalue weighted by molar-refractivity contribution is -1.02. The van der Waals surface area contributed by atoms with Gasteiger partial charge in [-0.05, 0) is 24.3 Å². The number of ether oxygens (including phenoxy) is 2. The Morgan fingerprint density at radius 3 is 1.88 bits per heavy atom. The van der Waals surface area contributed by atoms with Gasteiger partial charge in [0, 0.05) is 22.2 Å². The molecule has 1 saturated heterocycles. The first-order chi connectivity index (χ1) is 12.2. The summed E-state index contributed by atoms with van der Waals surface area (Å²) in [7, 11) is 3.40. The van der Waals surface area contributed by atoms with Crippen LogP contribution in [0.25, 0.3) is 0 Å². The molecule has 0 aromatic heterocycles. The van der Waals surface area contributed by atoms with E-state index in [9.17, 15) is 0 Å². The second kappa shape index (κ2) is 8.56. The van der Waals surface area contributed by atoms with Gasteiger partial charge in [-0.2, -0.15) is 0 Å². The Kier molecular flexibility index (Phi) is 6.19. The summed E-state index contributed by atoms with van der Waals surface area (Å²) < 4.78 is 10.8. The Morgan fingerprint density at radius 2 is 1.36 bits per heavy atom. The smallest absolute Gasteiger partial charge is 0.127 e. The van der Waals surface area contributed by atoms with Gasteiger partial charge in [0.2, 0.25) is 0 Å². The summed E-state index contributed by atoms with van der Waals surface area (Å²) in [6.45, 7) is 6.79. The van der Waals surface area contributed by atoms with Crippen molar-refractivity contribution in [3.63, 3.8) is 0 Å². The number of rotatable bonds is 6. The molecular formula is C20H27ClN2O2+2. The van der Waals surface area contributed by atoms with Crippen LogP contribution in [-0.4, -0.2) is 40.4 Å². The molecule has 0 unspecified atom stereocenters. The van der Waals surface area contributed by atoms with E-state index in [1.54, 1.807) is 24.0 Å². The summed E-state index contributed by atoms with van der Waals surface area (Å²) in [5, 5.41) is 0.827. The fourth-order valence-corrected chi connectivity index (χ4v) is 3.72. The van der Waals surface area contributed by atoms with E-state index in [0.29, 0.717) is 0 Å². The van der Waals surface area contributed by atoms with Crippen LogP contribution < -0.4 is 19.3 Å². The lowest BCUT2D eigenvalue weighted by Crippen LogP contribution is -3.27. The van der Waals surface area contributed by atoms with E-state index >= 15 is 0 Å². The van der Waals surface area contributed by atoms with E-state index in [4.69, 9.17) is 21.1 Å². The van der Waals surface area contributed by atoms with Gasteiger partial charge in [-0.15, -0.1) is 0 Å². The van der Waals surface area contributed by atoms with Crippen LogP contribution in [0.1, 0.15) is 11.1 Å². The standard InChI is InChI=1S/C20H25ClN2O2/c1-24-19-11-17(12-20(13-19)25-2)15-23-8-6-22(7-9-23)14-16-4-3-5-18(21)10-16/h3-5,10-13H,6-9,14-15H2,1-2H3/p+2. The van der Waals surface area contributed by atoms with E-state index in [2.05, 4.69) is 24.3 Å². The Morgan fingerprint density at radius 1 is 0.800 bits per heavy atom. The molecule has 1 aliphatic rings. The van der Waals surface area contributed by atoms with Crippen LogP contribution in [0.15, 0.2) is 42.5 Å². The largest absolute Gasteiger partial charge is 0.497 e. The highest BCUT2D eigenvalue weighted by molar-refractivity contribution is 6.30. The molecule has 0 atom stereocenters. The summed E-state index contributed by atoms with van der Waals surface area (Å²) in [6, 6.07) is 14.4. The van der Waals surface area contributed by atoms with Crippen LogP contribution in [0.2, 0.25) is 5.02 Å². The second-order valence-electron chi connectivity index (χ2n) is 6.70. The third-order valence-corrected chi connectivity index (χ3v) is 5.11. The Labute approximate surface area is 154 Å². The Bertz CT molecular complexity index is 678. The highest BCUT2D eigenvalue weighted by Crippen LogP contribution is 2.21. The van der Waals surface area contributed by atoms with Crippen LogP contribution in [0.3, 0.4) is 0 Å². The van der Waals surface area contributed by atoms with Crippen molar-refractivity contribution >= 4 is 11.6 Å². The fourth-order valence-electron chi connectivity index (χ4n) is 3.50. The topological polar surface area (TPSA) is 27.3 Å². The number of hydrogen-bond donors (Lipinski definition) is 2. The molecule has 1 fully saturated rings. The number of piperazine rings is 1. The Hall–Kier alpha value is -1.75. The molecule has 0 saturated carbocycles. The third kappa shape index (κ3) is 5.11. The van der Waals surface area contributed by atoms with Crippen molar-refractivity contribution in [2.24, 2.45) is 0 Å². The minimum absolute atomic E-state index is 0.827. The molecule has 2 N–H and O–H groups in total. The van der Waals surface area contributed by atoms with E-state index in [-0.39, 0.29) is 0 Å². The summed E-state index contributed by atoms with van der Waals surface area (Å²) in [5.74, 6) is 1.72. The van der Waals surface area contributed by atoms with Crippen molar-refractivity contribution in [1.29, 1.82) is 0 Å². The SMILES string of the molecule is COc1cc(C[NH+]2CC[NH+](Cc3cccc(Cl)c3)CC2)cc(OC)c1. The molecule has 0 bridgehead atoms. The maximum Gasteiger partial charge on any atom is 0.127 e. The lowest BCUT2D eigenvalue weighted by atomic mass is 10.1. The van der Waals surface area contributed by atoms with Crippen LogP contribution >= 0.6 is 11.6 Å². The average molecular weight is 363 g/mol. The predicted octanol–water partition coefficient (Wildman–Crippen LogP) is 0.841. The minimum Gasteiger partial charge on any atom is -0.497 e. The first-order valence-corrected chi connectivity index (χ1v) is 9.17. The molecule has 0 amide bonds. The lowest BCUT2D eigenvalue weighted by Gasteiger charge is -2.30. The van der Waals surface area contributed by atoms with Gasteiger partial charge >= 0.3 is 0 Å². The summed E-state index contributed by atoms with van der Waals surface area (Å²) in [6.07, 6.45) is 0. The quantitative estimate of drug-likeness (QED) is 0.797. The van der Waals surface area contributed by atoms with Gasteiger partial charge in [0.05, 0.1) is 14.2 Å². The average Bonchev–Trinajstić information content (AvgIpc) is 2.63. The van der Waals surface area contributed by atoms with Crippen LogP contribution in [0.4, 0.5) is 0 Å². The Balaban J connectivity index is 1.54. The molecule has 25 heavy (non-hydrogen) atoms. The third-order valence-electron chi connectivity index (χ3n) is 4.87. The minimum atomic E-state index is 0.827. The maximum absolute atomic E-state index is 6.09. The number of nitrogens with one attached hydrogen (secondary N) is 2. The van der Waals surface area contributed by atoms with E-state index in [0.717, 1.165) is 29.6 Å². The second-order valence-corrected chi connectivity index (χ2v) is 7.14. The molecule has 134 valence electrons. The number of benzene rings is 2. The summed E-state index contributed by atoms with van der Waals surface area (Å²) in [4.78, 5) is 3.25. The molecule has 4 nitrogen and oxygen atoms in total. The van der Waals surface area contributed by atoms with Gasteiger partial charge in [-0.1, -0.05) is 23.7 Å². The molecule has 5 heteroatoms. The highest BCUT2D eigenvalue weighted by atomic mass is 35.5. The van der Waals surface area contributed by atoms with Gasteiger partial charge in [-0.25, -0.2) is 0 Å². The number of quaternary nitrogens is 2. The zero-order chi connectivity index (χ0) is 17.6. The van der Waals surface area contributed by atoms with Crippen molar-refractivity contribution < 1.29 is 19.3 Å². The van der Waals surface area contributed by atoms with Gasteiger partial charge in [0.25, 0.3) is 0 Å². The molecule has 0 aliphatic carbocycles. The monoisotopic (exact) mass is 362 g/mol.